The summed E-state index contributed by atoms with van der Waals surface area (Å²) in [5, 5.41) is 2.93. The average Bonchev–Trinajstić information content (AvgIpc) is 2.97. The first-order valence-electron chi connectivity index (χ1n) is 7.59. The number of carbonyl (C=O) groups is 1. The molecule has 0 unspecified atom stereocenters. The van der Waals surface area contributed by atoms with Gasteiger partial charge in [0.25, 0.3) is 0 Å². The molecule has 1 aromatic carbocycles. The highest BCUT2D eigenvalue weighted by atomic mass is 16.5. The molecular weight excluding hydrogens is 292 g/mol. The molecule has 0 saturated carbocycles. The predicted molar refractivity (Wildman–Crippen MR) is 85.6 cm³/mol. The van der Waals surface area contributed by atoms with E-state index < -0.39 is 0 Å². The Morgan fingerprint density at radius 3 is 2.57 bits per heavy atom. The number of urea groups is 1. The SMILES string of the molecule is NC1(c2ccc(NC(=O)N3Cc4ccncc4C3)cc2)COC1. The van der Waals surface area contributed by atoms with E-state index in [4.69, 9.17) is 10.5 Å². The molecule has 2 aliphatic rings. The number of aromatic nitrogens is 1. The van der Waals surface area contributed by atoms with E-state index >= 15 is 0 Å². The summed E-state index contributed by atoms with van der Waals surface area (Å²) in [4.78, 5) is 18.3. The lowest BCUT2D eigenvalue weighted by Crippen LogP contribution is -2.54. The number of nitrogens with one attached hydrogen (secondary N) is 1. The number of anilines is 1. The highest BCUT2D eigenvalue weighted by Gasteiger charge is 2.35. The molecule has 2 aromatic rings. The van der Waals surface area contributed by atoms with Crippen molar-refractivity contribution in [3.05, 3.63) is 59.4 Å². The van der Waals surface area contributed by atoms with E-state index in [-0.39, 0.29) is 11.6 Å². The summed E-state index contributed by atoms with van der Waals surface area (Å²) in [5.74, 6) is 0. The van der Waals surface area contributed by atoms with Crippen LogP contribution in [0.3, 0.4) is 0 Å². The maximum Gasteiger partial charge on any atom is 0.322 e. The summed E-state index contributed by atoms with van der Waals surface area (Å²) < 4.78 is 5.18. The third-order valence-corrected chi connectivity index (χ3v) is 4.44. The number of carbonyl (C=O) groups excluding carboxylic acids is 1. The van der Waals surface area contributed by atoms with Crippen LogP contribution in [-0.2, 0) is 23.4 Å². The molecule has 4 rings (SSSR count). The van der Waals surface area contributed by atoms with Crippen LogP contribution >= 0.6 is 0 Å². The number of benzene rings is 1. The molecule has 1 aromatic heterocycles. The smallest absolute Gasteiger partial charge is 0.322 e. The van der Waals surface area contributed by atoms with Gasteiger partial charge in [0.2, 0.25) is 0 Å². The van der Waals surface area contributed by atoms with Gasteiger partial charge < -0.3 is 20.7 Å². The predicted octanol–water partition coefficient (Wildman–Crippen LogP) is 1.81. The zero-order valence-electron chi connectivity index (χ0n) is 12.7. The molecule has 0 atom stereocenters. The van der Waals surface area contributed by atoms with E-state index in [1.807, 2.05) is 36.5 Å². The highest BCUT2D eigenvalue weighted by Crippen LogP contribution is 2.28. The van der Waals surface area contributed by atoms with E-state index in [0.717, 1.165) is 22.4 Å². The van der Waals surface area contributed by atoms with Gasteiger partial charge in [0.05, 0.1) is 18.8 Å². The van der Waals surface area contributed by atoms with Gasteiger partial charge in [-0.1, -0.05) is 12.1 Å². The molecule has 2 amide bonds. The van der Waals surface area contributed by atoms with Crippen molar-refractivity contribution in [2.24, 2.45) is 5.73 Å². The van der Waals surface area contributed by atoms with Crippen molar-refractivity contribution in [3.8, 4) is 0 Å². The number of amides is 2. The van der Waals surface area contributed by atoms with Crippen molar-refractivity contribution < 1.29 is 9.53 Å². The lowest BCUT2D eigenvalue weighted by molar-refractivity contribution is -0.0569. The van der Waals surface area contributed by atoms with E-state index in [9.17, 15) is 4.79 Å². The number of hydrogen-bond acceptors (Lipinski definition) is 4. The minimum Gasteiger partial charge on any atom is -0.377 e. The quantitative estimate of drug-likeness (QED) is 0.886. The normalized spacial score (nSPS) is 18.2. The van der Waals surface area contributed by atoms with Crippen LogP contribution in [0, 0.1) is 0 Å². The number of rotatable bonds is 2. The number of nitrogens with two attached hydrogens (primary N) is 1. The summed E-state index contributed by atoms with van der Waals surface area (Å²) >= 11 is 0. The zero-order valence-corrected chi connectivity index (χ0v) is 12.7. The van der Waals surface area contributed by atoms with Gasteiger partial charge in [-0.15, -0.1) is 0 Å². The summed E-state index contributed by atoms with van der Waals surface area (Å²) in [6.07, 6.45) is 3.57. The van der Waals surface area contributed by atoms with Gasteiger partial charge in [0, 0.05) is 31.2 Å². The maximum absolute atomic E-state index is 12.4. The summed E-state index contributed by atoms with van der Waals surface area (Å²) in [5.41, 5.74) is 9.86. The van der Waals surface area contributed by atoms with E-state index in [2.05, 4.69) is 10.3 Å². The monoisotopic (exact) mass is 310 g/mol. The lowest BCUT2D eigenvalue weighted by atomic mass is 9.89. The molecule has 23 heavy (non-hydrogen) atoms. The molecule has 6 heteroatoms. The molecule has 2 aliphatic heterocycles. The third-order valence-electron chi connectivity index (χ3n) is 4.44. The van der Waals surface area contributed by atoms with Gasteiger partial charge in [-0.3, -0.25) is 4.98 Å². The second-order valence-corrected chi connectivity index (χ2v) is 6.16. The Kier molecular flexibility index (Phi) is 3.28. The number of nitrogens with zero attached hydrogens (tertiary/aromatic N) is 2. The van der Waals surface area contributed by atoms with Gasteiger partial charge >= 0.3 is 6.03 Å². The number of ether oxygens (including phenoxy) is 1. The molecule has 0 aliphatic carbocycles. The third kappa shape index (κ3) is 2.56. The van der Waals surface area contributed by atoms with Gasteiger partial charge in [-0.05, 0) is 34.9 Å². The Morgan fingerprint density at radius 1 is 1.17 bits per heavy atom. The van der Waals surface area contributed by atoms with Crippen molar-refractivity contribution in [2.75, 3.05) is 18.5 Å². The average molecular weight is 310 g/mol. The largest absolute Gasteiger partial charge is 0.377 e. The molecule has 1 saturated heterocycles. The second-order valence-electron chi connectivity index (χ2n) is 6.16. The first kappa shape index (κ1) is 14.2. The van der Waals surface area contributed by atoms with Gasteiger partial charge in [-0.25, -0.2) is 4.79 Å². The Hall–Kier alpha value is -2.44. The lowest BCUT2D eigenvalue weighted by Gasteiger charge is -2.38. The fourth-order valence-electron chi connectivity index (χ4n) is 2.94. The van der Waals surface area contributed by atoms with Crippen LogP contribution in [0.2, 0.25) is 0 Å². The molecule has 118 valence electrons. The molecule has 0 radical (unpaired) electrons. The number of hydrogen-bond donors (Lipinski definition) is 2. The standard InChI is InChI=1S/C17H18N4O2/c18-17(10-23-11-17)14-1-3-15(4-2-14)20-16(22)21-8-12-5-6-19-7-13(12)9-21/h1-7H,8-11,18H2,(H,20,22). The first-order valence-corrected chi connectivity index (χ1v) is 7.59. The minimum absolute atomic E-state index is 0.108. The summed E-state index contributed by atoms with van der Waals surface area (Å²) in [6.45, 7) is 2.29. The van der Waals surface area contributed by atoms with Crippen molar-refractivity contribution in [1.82, 2.24) is 9.88 Å². The fraction of sp³-hybridized carbons (Fsp3) is 0.294. The second kappa shape index (κ2) is 5.33. The van der Waals surface area contributed by atoms with Crippen LogP contribution in [0.25, 0.3) is 0 Å². The maximum atomic E-state index is 12.4. The molecule has 0 spiro atoms. The highest BCUT2D eigenvalue weighted by molar-refractivity contribution is 5.89. The van der Waals surface area contributed by atoms with E-state index in [1.165, 1.54) is 0 Å². The van der Waals surface area contributed by atoms with E-state index in [1.54, 1.807) is 11.1 Å². The summed E-state index contributed by atoms with van der Waals surface area (Å²) in [6, 6.07) is 9.50. The molecule has 1 fully saturated rings. The Balaban J connectivity index is 1.42. The zero-order chi connectivity index (χ0) is 15.9. The molecular formula is C17H18N4O2. The first-order chi connectivity index (χ1) is 11.1. The van der Waals surface area contributed by atoms with Crippen LogP contribution < -0.4 is 11.1 Å². The van der Waals surface area contributed by atoms with Gasteiger partial charge in [0.1, 0.15) is 0 Å². The van der Waals surface area contributed by atoms with Crippen molar-refractivity contribution >= 4 is 11.7 Å². The molecule has 3 heterocycles. The fourth-order valence-corrected chi connectivity index (χ4v) is 2.94. The van der Waals surface area contributed by atoms with Crippen molar-refractivity contribution in [2.45, 2.75) is 18.6 Å². The molecule has 0 bridgehead atoms. The topological polar surface area (TPSA) is 80.5 Å². The van der Waals surface area contributed by atoms with Crippen LogP contribution in [-0.4, -0.2) is 29.1 Å². The Labute approximate surface area is 134 Å². The number of fused-ring (bicyclic) bond motifs is 1. The van der Waals surface area contributed by atoms with Crippen molar-refractivity contribution in [3.63, 3.8) is 0 Å². The number of pyridine rings is 1. The van der Waals surface area contributed by atoms with Crippen LogP contribution in [0.1, 0.15) is 16.7 Å². The Morgan fingerprint density at radius 2 is 1.91 bits per heavy atom. The summed E-state index contributed by atoms with van der Waals surface area (Å²) in [7, 11) is 0. The molecule has 3 N–H and O–H groups in total. The van der Waals surface area contributed by atoms with E-state index in [0.29, 0.717) is 26.3 Å². The van der Waals surface area contributed by atoms with Crippen LogP contribution in [0.5, 0.6) is 0 Å². The van der Waals surface area contributed by atoms with Crippen molar-refractivity contribution in [1.29, 1.82) is 0 Å². The Bertz CT molecular complexity index is 716. The van der Waals surface area contributed by atoms with Crippen LogP contribution in [0.15, 0.2) is 42.7 Å². The van der Waals surface area contributed by atoms with Gasteiger partial charge in [-0.2, -0.15) is 0 Å². The minimum atomic E-state index is -0.383. The molecule has 6 nitrogen and oxygen atoms in total. The van der Waals surface area contributed by atoms with Crippen LogP contribution in [0.4, 0.5) is 10.5 Å². The van der Waals surface area contributed by atoms with Gasteiger partial charge in [0.15, 0.2) is 0 Å².